The van der Waals surface area contributed by atoms with Crippen molar-refractivity contribution in [2.75, 3.05) is 39.3 Å². The third-order valence-corrected chi connectivity index (χ3v) is 3.30. The van der Waals surface area contributed by atoms with E-state index in [0.717, 1.165) is 19.5 Å². The van der Waals surface area contributed by atoms with Gasteiger partial charge in [0.25, 0.3) is 0 Å². The number of hydrogen-bond donors (Lipinski definition) is 1. The Kier molecular flexibility index (Phi) is 6.72. The van der Waals surface area contributed by atoms with Gasteiger partial charge in [0.1, 0.15) is 0 Å². The number of hydrogen-bond acceptors (Lipinski definition) is 3. The van der Waals surface area contributed by atoms with Gasteiger partial charge in [0, 0.05) is 46.1 Å². The highest BCUT2D eigenvalue weighted by atomic mass is 16.2. The van der Waals surface area contributed by atoms with Gasteiger partial charge in [0.2, 0.25) is 11.8 Å². The second kappa shape index (κ2) is 8.08. The smallest absolute Gasteiger partial charge is 0.223 e. The van der Waals surface area contributed by atoms with Crippen LogP contribution in [-0.2, 0) is 9.59 Å². The van der Waals surface area contributed by atoms with E-state index >= 15 is 0 Å². The summed E-state index contributed by atoms with van der Waals surface area (Å²) in [6.07, 6.45) is 2.89. The maximum absolute atomic E-state index is 11.9. The number of carbonyl (C=O) groups is 2. The van der Waals surface area contributed by atoms with Crippen LogP contribution in [0.25, 0.3) is 0 Å². The van der Waals surface area contributed by atoms with Crippen molar-refractivity contribution in [1.82, 2.24) is 15.1 Å². The van der Waals surface area contributed by atoms with Gasteiger partial charge < -0.3 is 15.1 Å². The molecule has 0 atom stereocenters. The number of rotatable bonds is 6. The molecular weight excluding hydrogens is 230 g/mol. The van der Waals surface area contributed by atoms with Crippen LogP contribution in [0.2, 0.25) is 0 Å². The second-order valence-electron chi connectivity index (χ2n) is 4.74. The van der Waals surface area contributed by atoms with Crippen LogP contribution >= 0.6 is 0 Å². The van der Waals surface area contributed by atoms with Gasteiger partial charge in [-0.1, -0.05) is 13.3 Å². The molecule has 0 bridgehead atoms. The van der Waals surface area contributed by atoms with E-state index < -0.39 is 0 Å². The first-order chi connectivity index (χ1) is 8.65. The average Bonchev–Trinajstić information content (AvgIpc) is 2.38. The highest BCUT2D eigenvalue weighted by molar-refractivity contribution is 5.77. The zero-order chi connectivity index (χ0) is 13.4. The topological polar surface area (TPSA) is 52.7 Å². The van der Waals surface area contributed by atoms with Crippen LogP contribution in [0.1, 0.15) is 33.1 Å². The first-order valence-electron chi connectivity index (χ1n) is 6.89. The van der Waals surface area contributed by atoms with Crippen LogP contribution in [0, 0.1) is 0 Å². The number of nitrogens with one attached hydrogen (secondary N) is 1. The van der Waals surface area contributed by atoms with Crippen LogP contribution in [-0.4, -0.2) is 60.9 Å². The van der Waals surface area contributed by atoms with E-state index in [1.165, 1.54) is 6.42 Å². The molecule has 1 aliphatic heterocycles. The molecule has 0 aromatic carbocycles. The summed E-state index contributed by atoms with van der Waals surface area (Å²) in [4.78, 5) is 26.7. The Morgan fingerprint density at radius 1 is 1.06 bits per heavy atom. The second-order valence-corrected chi connectivity index (χ2v) is 4.74. The van der Waals surface area contributed by atoms with Crippen LogP contribution in [0.4, 0.5) is 0 Å². The Labute approximate surface area is 110 Å². The van der Waals surface area contributed by atoms with Gasteiger partial charge in [-0.25, -0.2) is 0 Å². The molecule has 0 aliphatic carbocycles. The largest absolute Gasteiger partial charge is 0.339 e. The van der Waals surface area contributed by atoms with Crippen LogP contribution in [0.3, 0.4) is 0 Å². The number of unbranched alkanes of at least 4 members (excludes halogenated alkanes) is 1. The van der Waals surface area contributed by atoms with Gasteiger partial charge >= 0.3 is 0 Å². The van der Waals surface area contributed by atoms with Gasteiger partial charge in [-0.2, -0.15) is 0 Å². The fourth-order valence-corrected chi connectivity index (χ4v) is 2.05. The lowest BCUT2D eigenvalue weighted by molar-refractivity contribution is -0.138. The molecule has 5 heteroatoms. The maximum atomic E-state index is 11.9. The molecule has 104 valence electrons. The molecule has 18 heavy (non-hydrogen) atoms. The van der Waals surface area contributed by atoms with E-state index in [2.05, 4.69) is 12.2 Å². The molecule has 5 nitrogen and oxygen atoms in total. The molecule has 2 amide bonds. The molecule has 0 aromatic rings. The standard InChI is InChI=1S/C13H25N3O2/c1-3-4-6-14-7-5-13(18)16-10-8-15(9-11-16)12(2)17/h14H,3-11H2,1-2H3. The molecule has 0 radical (unpaired) electrons. The number of piperazine rings is 1. The predicted molar refractivity (Wildman–Crippen MR) is 71.2 cm³/mol. The summed E-state index contributed by atoms with van der Waals surface area (Å²) in [5, 5.41) is 3.27. The fraction of sp³-hybridized carbons (Fsp3) is 0.846. The van der Waals surface area contributed by atoms with E-state index in [-0.39, 0.29) is 11.8 Å². The first kappa shape index (κ1) is 15.0. The molecule has 0 spiro atoms. The minimum absolute atomic E-state index is 0.100. The lowest BCUT2D eigenvalue weighted by Gasteiger charge is -2.34. The summed E-state index contributed by atoms with van der Waals surface area (Å²) in [6, 6.07) is 0. The third kappa shape index (κ3) is 5.04. The molecule has 0 saturated carbocycles. The molecule has 1 N–H and O–H groups in total. The minimum atomic E-state index is 0.100. The predicted octanol–water partition coefficient (Wildman–Crippen LogP) is 0.457. The highest BCUT2D eigenvalue weighted by Crippen LogP contribution is 2.03. The van der Waals surface area contributed by atoms with Crippen molar-refractivity contribution in [2.24, 2.45) is 0 Å². The Bertz CT molecular complexity index is 273. The molecule has 1 saturated heterocycles. The van der Waals surface area contributed by atoms with E-state index in [1.54, 1.807) is 11.8 Å². The zero-order valence-electron chi connectivity index (χ0n) is 11.6. The van der Waals surface area contributed by atoms with Crippen LogP contribution < -0.4 is 5.32 Å². The van der Waals surface area contributed by atoms with Gasteiger partial charge in [-0.05, 0) is 13.0 Å². The maximum Gasteiger partial charge on any atom is 0.223 e. The van der Waals surface area contributed by atoms with E-state index in [1.807, 2.05) is 4.90 Å². The van der Waals surface area contributed by atoms with Crippen molar-refractivity contribution in [3.63, 3.8) is 0 Å². The molecule has 1 fully saturated rings. The van der Waals surface area contributed by atoms with Gasteiger partial charge in [0.05, 0.1) is 0 Å². The summed E-state index contributed by atoms with van der Waals surface area (Å²) in [6.45, 7) is 8.17. The average molecular weight is 255 g/mol. The Balaban J connectivity index is 2.14. The molecule has 1 aliphatic rings. The summed E-state index contributed by atoms with van der Waals surface area (Å²) in [5.41, 5.74) is 0. The molecular formula is C13H25N3O2. The van der Waals surface area contributed by atoms with E-state index in [0.29, 0.717) is 32.6 Å². The van der Waals surface area contributed by atoms with E-state index in [9.17, 15) is 9.59 Å². The van der Waals surface area contributed by atoms with Crippen LogP contribution in [0.5, 0.6) is 0 Å². The van der Waals surface area contributed by atoms with Gasteiger partial charge in [-0.3, -0.25) is 9.59 Å². The summed E-state index contributed by atoms with van der Waals surface area (Å²) in [5.74, 6) is 0.297. The monoisotopic (exact) mass is 255 g/mol. The number of carbonyl (C=O) groups excluding carboxylic acids is 2. The SMILES string of the molecule is CCCCNCCC(=O)N1CCN(C(C)=O)CC1. The van der Waals surface area contributed by atoms with Crippen molar-refractivity contribution in [2.45, 2.75) is 33.1 Å². The summed E-state index contributed by atoms with van der Waals surface area (Å²) in [7, 11) is 0. The molecule has 0 aromatic heterocycles. The lowest BCUT2D eigenvalue weighted by Crippen LogP contribution is -2.50. The Morgan fingerprint density at radius 3 is 2.22 bits per heavy atom. The summed E-state index contributed by atoms with van der Waals surface area (Å²) < 4.78 is 0. The fourth-order valence-electron chi connectivity index (χ4n) is 2.05. The van der Waals surface area contributed by atoms with Gasteiger partial charge in [-0.15, -0.1) is 0 Å². The quantitative estimate of drug-likeness (QED) is 0.701. The molecule has 1 heterocycles. The number of nitrogens with zero attached hydrogens (tertiary/aromatic N) is 2. The van der Waals surface area contributed by atoms with E-state index in [4.69, 9.17) is 0 Å². The zero-order valence-corrected chi connectivity index (χ0v) is 11.6. The van der Waals surface area contributed by atoms with Crippen molar-refractivity contribution >= 4 is 11.8 Å². The highest BCUT2D eigenvalue weighted by Gasteiger charge is 2.21. The third-order valence-electron chi connectivity index (χ3n) is 3.30. The number of amides is 2. The van der Waals surface area contributed by atoms with Crippen molar-refractivity contribution in [1.29, 1.82) is 0 Å². The lowest BCUT2D eigenvalue weighted by atomic mass is 10.2. The van der Waals surface area contributed by atoms with Crippen LogP contribution in [0.15, 0.2) is 0 Å². The molecule has 0 unspecified atom stereocenters. The minimum Gasteiger partial charge on any atom is -0.339 e. The van der Waals surface area contributed by atoms with Crippen molar-refractivity contribution < 1.29 is 9.59 Å². The normalized spacial score (nSPS) is 15.9. The molecule has 1 rings (SSSR count). The summed E-state index contributed by atoms with van der Waals surface area (Å²) >= 11 is 0. The Hall–Kier alpha value is -1.10. The van der Waals surface area contributed by atoms with Crippen molar-refractivity contribution in [3.05, 3.63) is 0 Å². The van der Waals surface area contributed by atoms with Crippen molar-refractivity contribution in [3.8, 4) is 0 Å². The first-order valence-corrected chi connectivity index (χ1v) is 6.89. The Morgan fingerprint density at radius 2 is 1.67 bits per heavy atom. The van der Waals surface area contributed by atoms with Gasteiger partial charge in [0.15, 0.2) is 0 Å².